The molecule has 0 spiro atoms. The topological polar surface area (TPSA) is 21.3 Å². The van der Waals surface area contributed by atoms with Crippen molar-refractivity contribution in [1.29, 1.82) is 0 Å². The Kier molecular flexibility index (Phi) is 5.43. The van der Waals surface area contributed by atoms with Gasteiger partial charge in [0.15, 0.2) is 5.75 Å². The molecule has 84 valence electrons. The summed E-state index contributed by atoms with van der Waals surface area (Å²) in [5, 5.41) is 3.84. The summed E-state index contributed by atoms with van der Waals surface area (Å²) in [6.45, 7) is 6.46. The molecule has 0 saturated carbocycles. The quantitative estimate of drug-likeness (QED) is 0.840. The zero-order valence-corrected chi connectivity index (χ0v) is 11.3. The monoisotopic (exact) mass is 291 g/mol. The van der Waals surface area contributed by atoms with Crippen LogP contribution in [0, 0.1) is 6.92 Å². The highest BCUT2D eigenvalue weighted by atomic mass is 79.9. The van der Waals surface area contributed by atoms with Gasteiger partial charge in [0.1, 0.15) is 6.61 Å². The summed E-state index contributed by atoms with van der Waals surface area (Å²) < 4.78 is 6.49. The van der Waals surface area contributed by atoms with E-state index in [0.717, 1.165) is 28.9 Å². The lowest BCUT2D eigenvalue weighted by Crippen LogP contribution is -2.20. The number of halogens is 2. The van der Waals surface area contributed by atoms with E-state index in [4.69, 9.17) is 16.3 Å². The first kappa shape index (κ1) is 12.8. The highest BCUT2D eigenvalue weighted by Crippen LogP contribution is 2.34. The van der Waals surface area contributed by atoms with Crippen LogP contribution in [0.4, 0.5) is 0 Å². The molecule has 2 nitrogen and oxygen atoms in total. The normalized spacial score (nSPS) is 10.4. The molecule has 0 amide bonds. The Morgan fingerprint density at radius 3 is 2.80 bits per heavy atom. The second-order valence-corrected chi connectivity index (χ2v) is 4.52. The summed E-state index contributed by atoms with van der Waals surface area (Å²) in [6, 6.07) is 3.89. The van der Waals surface area contributed by atoms with E-state index in [1.54, 1.807) is 0 Å². The van der Waals surface area contributed by atoms with E-state index in [2.05, 4.69) is 28.2 Å². The van der Waals surface area contributed by atoms with Gasteiger partial charge in [0.25, 0.3) is 0 Å². The van der Waals surface area contributed by atoms with Crippen LogP contribution in [0.2, 0.25) is 5.02 Å². The molecule has 0 radical (unpaired) electrons. The Morgan fingerprint density at radius 1 is 1.47 bits per heavy atom. The Morgan fingerprint density at radius 2 is 2.20 bits per heavy atom. The fraction of sp³-hybridized carbons (Fsp3) is 0.455. The van der Waals surface area contributed by atoms with Gasteiger partial charge in [-0.3, -0.25) is 0 Å². The summed E-state index contributed by atoms with van der Waals surface area (Å²) in [7, 11) is 0. The van der Waals surface area contributed by atoms with Crippen LogP contribution in [0.25, 0.3) is 0 Å². The van der Waals surface area contributed by atoms with Gasteiger partial charge < -0.3 is 10.1 Å². The molecule has 0 aliphatic heterocycles. The van der Waals surface area contributed by atoms with Gasteiger partial charge in [-0.05, 0) is 47.1 Å². The Hall–Kier alpha value is -0.250. The number of nitrogens with one attached hydrogen (secondary N) is 1. The molecule has 0 aliphatic carbocycles. The second kappa shape index (κ2) is 6.36. The molecule has 0 atom stereocenters. The standard InChI is InChI=1S/C11H15BrClNO/c1-3-14-4-5-15-11-9(12)6-8(2)7-10(11)13/h6-7,14H,3-5H2,1-2H3. The molecule has 0 saturated heterocycles. The van der Waals surface area contributed by atoms with Crippen molar-refractivity contribution in [2.75, 3.05) is 19.7 Å². The number of benzene rings is 1. The molecule has 1 aromatic carbocycles. The molecule has 0 fully saturated rings. The second-order valence-electron chi connectivity index (χ2n) is 3.26. The van der Waals surface area contributed by atoms with Gasteiger partial charge >= 0.3 is 0 Å². The van der Waals surface area contributed by atoms with Gasteiger partial charge in [0, 0.05) is 6.54 Å². The fourth-order valence-electron chi connectivity index (χ4n) is 1.23. The van der Waals surface area contributed by atoms with Crippen LogP contribution < -0.4 is 10.1 Å². The van der Waals surface area contributed by atoms with Crippen molar-refractivity contribution >= 4 is 27.5 Å². The largest absolute Gasteiger partial charge is 0.490 e. The average molecular weight is 293 g/mol. The van der Waals surface area contributed by atoms with Crippen LogP contribution >= 0.6 is 27.5 Å². The smallest absolute Gasteiger partial charge is 0.152 e. The van der Waals surface area contributed by atoms with Crippen molar-refractivity contribution in [3.63, 3.8) is 0 Å². The maximum atomic E-state index is 6.07. The first-order chi connectivity index (χ1) is 7.15. The average Bonchev–Trinajstić information content (AvgIpc) is 2.15. The van der Waals surface area contributed by atoms with Crippen molar-refractivity contribution in [3.8, 4) is 5.75 Å². The summed E-state index contributed by atoms with van der Waals surface area (Å²) in [4.78, 5) is 0. The zero-order valence-electron chi connectivity index (χ0n) is 8.94. The van der Waals surface area contributed by atoms with Gasteiger partial charge in [0.05, 0.1) is 9.50 Å². The van der Waals surface area contributed by atoms with Crippen LogP contribution in [-0.2, 0) is 0 Å². The Balaban J connectivity index is 2.60. The van der Waals surface area contributed by atoms with Crippen LogP contribution in [0.5, 0.6) is 5.75 Å². The van der Waals surface area contributed by atoms with Crippen molar-refractivity contribution in [2.45, 2.75) is 13.8 Å². The summed E-state index contributed by atoms with van der Waals surface area (Å²) >= 11 is 9.51. The minimum absolute atomic E-state index is 0.620. The maximum absolute atomic E-state index is 6.07. The van der Waals surface area contributed by atoms with Crippen LogP contribution in [-0.4, -0.2) is 19.7 Å². The minimum Gasteiger partial charge on any atom is -0.490 e. The van der Waals surface area contributed by atoms with Gasteiger partial charge in [-0.25, -0.2) is 0 Å². The molecule has 0 bridgehead atoms. The van der Waals surface area contributed by atoms with Gasteiger partial charge in [-0.15, -0.1) is 0 Å². The minimum atomic E-state index is 0.620. The van der Waals surface area contributed by atoms with Gasteiger partial charge in [0.2, 0.25) is 0 Å². The van der Waals surface area contributed by atoms with E-state index in [1.165, 1.54) is 0 Å². The molecule has 0 aromatic heterocycles. The van der Waals surface area contributed by atoms with Crippen LogP contribution in [0.3, 0.4) is 0 Å². The first-order valence-electron chi connectivity index (χ1n) is 4.94. The molecular weight excluding hydrogens is 277 g/mol. The summed E-state index contributed by atoms with van der Waals surface area (Å²) in [5.74, 6) is 0.722. The molecular formula is C11H15BrClNO. The molecule has 15 heavy (non-hydrogen) atoms. The molecule has 1 aromatic rings. The lowest BCUT2D eigenvalue weighted by atomic mass is 10.2. The fourth-order valence-corrected chi connectivity index (χ4v) is 2.36. The third kappa shape index (κ3) is 4.01. The summed E-state index contributed by atoms with van der Waals surface area (Å²) in [5.41, 5.74) is 1.12. The number of likely N-dealkylation sites (N-methyl/N-ethyl adjacent to an activating group) is 1. The predicted octanol–water partition coefficient (Wildman–Crippen LogP) is 3.40. The molecule has 4 heteroatoms. The highest BCUT2D eigenvalue weighted by Gasteiger charge is 2.07. The lowest BCUT2D eigenvalue weighted by Gasteiger charge is -2.11. The van der Waals surface area contributed by atoms with Gasteiger partial charge in [-0.2, -0.15) is 0 Å². The van der Waals surface area contributed by atoms with E-state index in [0.29, 0.717) is 11.6 Å². The van der Waals surface area contributed by atoms with E-state index >= 15 is 0 Å². The molecule has 0 aliphatic rings. The highest BCUT2D eigenvalue weighted by molar-refractivity contribution is 9.10. The molecule has 1 N–H and O–H groups in total. The van der Waals surface area contributed by atoms with Crippen molar-refractivity contribution < 1.29 is 4.74 Å². The maximum Gasteiger partial charge on any atom is 0.152 e. The lowest BCUT2D eigenvalue weighted by molar-refractivity contribution is 0.313. The van der Waals surface area contributed by atoms with Crippen molar-refractivity contribution in [2.24, 2.45) is 0 Å². The zero-order chi connectivity index (χ0) is 11.3. The van der Waals surface area contributed by atoms with Crippen LogP contribution in [0.1, 0.15) is 12.5 Å². The van der Waals surface area contributed by atoms with E-state index < -0.39 is 0 Å². The third-order valence-corrected chi connectivity index (χ3v) is 2.79. The van der Waals surface area contributed by atoms with E-state index in [1.807, 2.05) is 19.1 Å². The number of hydrogen-bond acceptors (Lipinski definition) is 2. The Labute approximate surface area is 104 Å². The molecule has 1 rings (SSSR count). The van der Waals surface area contributed by atoms with E-state index in [9.17, 15) is 0 Å². The van der Waals surface area contributed by atoms with E-state index in [-0.39, 0.29) is 0 Å². The number of rotatable bonds is 5. The molecule has 0 heterocycles. The third-order valence-electron chi connectivity index (χ3n) is 1.92. The number of aryl methyl sites for hydroxylation is 1. The number of hydrogen-bond donors (Lipinski definition) is 1. The summed E-state index contributed by atoms with van der Waals surface area (Å²) in [6.07, 6.45) is 0. The predicted molar refractivity (Wildman–Crippen MR) is 67.9 cm³/mol. The van der Waals surface area contributed by atoms with Crippen molar-refractivity contribution in [1.82, 2.24) is 5.32 Å². The molecule has 0 unspecified atom stereocenters. The van der Waals surface area contributed by atoms with Crippen molar-refractivity contribution in [3.05, 3.63) is 27.2 Å². The van der Waals surface area contributed by atoms with Crippen LogP contribution in [0.15, 0.2) is 16.6 Å². The Bertz CT molecular complexity index is 307. The first-order valence-corrected chi connectivity index (χ1v) is 6.11. The number of ether oxygens (including phenoxy) is 1. The SMILES string of the molecule is CCNCCOc1c(Cl)cc(C)cc1Br. The van der Waals surface area contributed by atoms with Gasteiger partial charge in [-0.1, -0.05) is 18.5 Å².